The Hall–Kier alpha value is -0.910. The molecular weight excluding hydrogens is 226 g/mol. The van der Waals surface area contributed by atoms with Crippen molar-refractivity contribution < 1.29 is 0 Å². The van der Waals surface area contributed by atoms with E-state index in [1.165, 1.54) is 0 Å². The summed E-state index contributed by atoms with van der Waals surface area (Å²) >= 11 is 5.87. The van der Waals surface area contributed by atoms with Crippen molar-refractivity contribution in [1.29, 1.82) is 0 Å². The Morgan fingerprint density at radius 3 is 2.56 bits per heavy atom. The number of halogens is 1. The zero-order valence-corrected chi connectivity index (χ0v) is 10.3. The van der Waals surface area contributed by atoms with Crippen molar-refractivity contribution in [3.05, 3.63) is 17.0 Å². The highest BCUT2D eigenvalue weighted by molar-refractivity contribution is 6.29. The number of aryl methyl sites for hydroxylation is 1. The quantitative estimate of drug-likeness (QED) is 0.783. The fourth-order valence-corrected chi connectivity index (χ4v) is 1.89. The number of nitrogens with zero attached hydrogens (tertiary/aromatic N) is 4. The van der Waals surface area contributed by atoms with Gasteiger partial charge in [-0.25, -0.2) is 15.0 Å². The molecule has 0 aliphatic carbocycles. The summed E-state index contributed by atoms with van der Waals surface area (Å²) in [5.74, 6) is 1.45. The van der Waals surface area contributed by atoms with E-state index in [1.807, 2.05) is 6.92 Å². The lowest BCUT2D eigenvalue weighted by molar-refractivity contribution is 0.178. The SMILES string of the molecule is Cc1nc(Cl)cc(NN2CCN(C)CC2)n1. The number of nitrogens with one attached hydrogen (secondary N) is 1. The number of rotatable bonds is 2. The predicted octanol–water partition coefficient (Wildman–Crippen LogP) is 1.01. The third kappa shape index (κ3) is 3.04. The van der Waals surface area contributed by atoms with Crippen LogP contribution in [0.4, 0.5) is 5.82 Å². The van der Waals surface area contributed by atoms with Crippen molar-refractivity contribution in [2.24, 2.45) is 0 Å². The standard InChI is InChI=1S/C10H16ClN5/c1-8-12-9(11)7-10(13-8)14-16-5-3-15(2)4-6-16/h7H,3-6H2,1-2H3,(H,12,13,14). The van der Waals surface area contributed by atoms with Crippen LogP contribution in [0.5, 0.6) is 0 Å². The number of aromatic nitrogens is 2. The zero-order chi connectivity index (χ0) is 11.5. The molecular formula is C10H16ClN5. The molecule has 2 rings (SSSR count). The smallest absolute Gasteiger partial charge is 0.145 e. The fraction of sp³-hybridized carbons (Fsp3) is 0.600. The molecule has 1 aliphatic rings. The first-order valence-electron chi connectivity index (χ1n) is 5.35. The molecule has 16 heavy (non-hydrogen) atoms. The van der Waals surface area contributed by atoms with E-state index in [-0.39, 0.29) is 0 Å². The van der Waals surface area contributed by atoms with Crippen LogP contribution in [0.25, 0.3) is 0 Å². The molecule has 1 aromatic rings. The molecule has 1 aliphatic heterocycles. The van der Waals surface area contributed by atoms with E-state index in [9.17, 15) is 0 Å². The molecule has 1 saturated heterocycles. The summed E-state index contributed by atoms with van der Waals surface area (Å²) in [4.78, 5) is 10.6. The minimum Gasteiger partial charge on any atom is -0.304 e. The van der Waals surface area contributed by atoms with Crippen molar-refractivity contribution in [1.82, 2.24) is 19.9 Å². The second-order valence-electron chi connectivity index (χ2n) is 4.03. The molecule has 1 aromatic heterocycles. The zero-order valence-electron chi connectivity index (χ0n) is 9.57. The lowest BCUT2D eigenvalue weighted by Crippen LogP contribution is -2.47. The van der Waals surface area contributed by atoms with Gasteiger partial charge >= 0.3 is 0 Å². The Labute approximate surface area is 100 Å². The first kappa shape index (κ1) is 11.6. The number of hydrogen-bond acceptors (Lipinski definition) is 5. The van der Waals surface area contributed by atoms with Gasteiger partial charge in [-0.05, 0) is 14.0 Å². The second kappa shape index (κ2) is 4.95. The Balaban J connectivity index is 1.98. The minimum absolute atomic E-state index is 0.476. The minimum atomic E-state index is 0.476. The van der Waals surface area contributed by atoms with Gasteiger partial charge in [-0.15, -0.1) is 0 Å². The average Bonchev–Trinajstić information content (AvgIpc) is 2.20. The molecule has 0 amide bonds. The molecule has 0 saturated carbocycles. The average molecular weight is 242 g/mol. The third-order valence-corrected chi connectivity index (χ3v) is 2.78. The Morgan fingerprint density at radius 1 is 1.25 bits per heavy atom. The van der Waals surface area contributed by atoms with Crippen LogP contribution in [0.1, 0.15) is 5.82 Å². The molecule has 6 heteroatoms. The van der Waals surface area contributed by atoms with Crippen molar-refractivity contribution in [3.8, 4) is 0 Å². The van der Waals surface area contributed by atoms with E-state index in [0.717, 1.165) is 32.0 Å². The summed E-state index contributed by atoms with van der Waals surface area (Å²) < 4.78 is 0. The van der Waals surface area contributed by atoms with Gasteiger partial charge in [0.1, 0.15) is 16.8 Å². The Morgan fingerprint density at radius 2 is 1.94 bits per heavy atom. The molecule has 1 fully saturated rings. The first-order chi connectivity index (χ1) is 7.63. The number of anilines is 1. The number of piperazine rings is 1. The van der Waals surface area contributed by atoms with Gasteiger partial charge < -0.3 is 10.3 Å². The van der Waals surface area contributed by atoms with E-state index in [1.54, 1.807) is 6.07 Å². The number of hydrazine groups is 1. The molecule has 2 heterocycles. The molecule has 88 valence electrons. The van der Waals surface area contributed by atoms with Crippen molar-refractivity contribution in [2.45, 2.75) is 6.92 Å². The van der Waals surface area contributed by atoms with Crippen molar-refractivity contribution in [2.75, 3.05) is 38.7 Å². The fourth-order valence-electron chi connectivity index (χ4n) is 1.67. The van der Waals surface area contributed by atoms with Crippen molar-refractivity contribution >= 4 is 17.4 Å². The van der Waals surface area contributed by atoms with Gasteiger partial charge in [0.05, 0.1) is 0 Å². The van der Waals surface area contributed by atoms with Gasteiger partial charge in [-0.2, -0.15) is 0 Å². The van der Waals surface area contributed by atoms with E-state index >= 15 is 0 Å². The van der Waals surface area contributed by atoms with Crippen LogP contribution < -0.4 is 5.43 Å². The van der Waals surface area contributed by atoms with Gasteiger partial charge in [0.2, 0.25) is 0 Å². The van der Waals surface area contributed by atoms with Crippen LogP contribution in [0.2, 0.25) is 5.15 Å². The number of hydrogen-bond donors (Lipinski definition) is 1. The Bertz CT molecular complexity index is 342. The van der Waals surface area contributed by atoms with Gasteiger partial charge in [-0.3, -0.25) is 0 Å². The van der Waals surface area contributed by atoms with Crippen LogP contribution in [-0.2, 0) is 0 Å². The van der Waals surface area contributed by atoms with Gasteiger partial charge in [0.15, 0.2) is 0 Å². The lowest BCUT2D eigenvalue weighted by Gasteiger charge is -2.32. The number of likely N-dealkylation sites (N-methyl/N-ethyl adjacent to an activating group) is 1. The van der Waals surface area contributed by atoms with E-state index in [2.05, 4.69) is 32.4 Å². The molecule has 0 unspecified atom stereocenters. The highest BCUT2D eigenvalue weighted by Gasteiger charge is 2.14. The molecule has 5 nitrogen and oxygen atoms in total. The van der Waals surface area contributed by atoms with Gasteiger partial charge in [0.25, 0.3) is 0 Å². The highest BCUT2D eigenvalue weighted by atomic mass is 35.5. The molecule has 0 bridgehead atoms. The van der Waals surface area contributed by atoms with Crippen LogP contribution in [0, 0.1) is 6.92 Å². The monoisotopic (exact) mass is 241 g/mol. The van der Waals surface area contributed by atoms with E-state index < -0.39 is 0 Å². The van der Waals surface area contributed by atoms with Crippen LogP contribution >= 0.6 is 11.6 Å². The summed E-state index contributed by atoms with van der Waals surface area (Å²) in [7, 11) is 2.13. The maximum atomic E-state index is 5.87. The first-order valence-corrected chi connectivity index (χ1v) is 5.72. The molecule has 1 N–H and O–H groups in total. The second-order valence-corrected chi connectivity index (χ2v) is 4.41. The van der Waals surface area contributed by atoms with E-state index in [0.29, 0.717) is 11.0 Å². The third-order valence-electron chi connectivity index (χ3n) is 2.58. The van der Waals surface area contributed by atoms with Crippen LogP contribution in [0.3, 0.4) is 0 Å². The highest BCUT2D eigenvalue weighted by Crippen LogP contribution is 2.12. The molecule has 0 aromatic carbocycles. The maximum Gasteiger partial charge on any atom is 0.145 e. The van der Waals surface area contributed by atoms with Crippen LogP contribution in [-0.4, -0.2) is 53.1 Å². The lowest BCUT2D eigenvalue weighted by atomic mass is 10.4. The summed E-state index contributed by atoms with van der Waals surface area (Å²) in [6.07, 6.45) is 0. The topological polar surface area (TPSA) is 44.3 Å². The summed E-state index contributed by atoms with van der Waals surface area (Å²) in [6, 6.07) is 1.74. The summed E-state index contributed by atoms with van der Waals surface area (Å²) in [6.45, 7) is 5.92. The molecule has 0 radical (unpaired) electrons. The largest absolute Gasteiger partial charge is 0.304 e. The maximum absolute atomic E-state index is 5.87. The van der Waals surface area contributed by atoms with E-state index in [4.69, 9.17) is 11.6 Å². The van der Waals surface area contributed by atoms with Crippen LogP contribution in [0.15, 0.2) is 6.07 Å². The molecule has 0 spiro atoms. The van der Waals surface area contributed by atoms with Gasteiger partial charge in [0, 0.05) is 32.2 Å². The van der Waals surface area contributed by atoms with Gasteiger partial charge in [-0.1, -0.05) is 11.6 Å². The van der Waals surface area contributed by atoms with Crippen molar-refractivity contribution in [3.63, 3.8) is 0 Å². The summed E-state index contributed by atoms with van der Waals surface area (Å²) in [5, 5.41) is 2.63. The summed E-state index contributed by atoms with van der Waals surface area (Å²) in [5.41, 5.74) is 3.25. The normalized spacial score (nSPS) is 18.7. The Kier molecular flexibility index (Phi) is 3.58. The predicted molar refractivity (Wildman–Crippen MR) is 64.5 cm³/mol. The molecule has 0 atom stereocenters.